The molecule has 29 heavy (non-hydrogen) atoms. The Balaban J connectivity index is 1.30. The van der Waals surface area contributed by atoms with Gasteiger partial charge in [0.2, 0.25) is 10.0 Å². The highest BCUT2D eigenvalue weighted by atomic mass is 32.2. The summed E-state index contributed by atoms with van der Waals surface area (Å²) in [5, 5.41) is 6.88. The van der Waals surface area contributed by atoms with Gasteiger partial charge in [-0.05, 0) is 57.8 Å². The van der Waals surface area contributed by atoms with Crippen LogP contribution in [-0.4, -0.2) is 54.2 Å². The summed E-state index contributed by atoms with van der Waals surface area (Å²) < 4.78 is 32.8. The highest BCUT2D eigenvalue weighted by Gasteiger charge is 2.36. The van der Waals surface area contributed by atoms with E-state index in [1.165, 1.54) is 0 Å². The fourth-order valence-electron chi connectivity index (χ4n) is 4.79. The maximum Gasteiger partial charge on any atom is 0.273 e. The molecular weight excluding hydrogens is 392 g/mol. The van der Waals surface area contributed by atoms with E-state index in [1.54, 1.807) is 10.4 Å². The average molecular weight is 425 g/mol. The normalized spacial score (nSPS) is 31.5. The molecule has 162 valence electrons. The van der Waals surface area contributed by atoms with Gasteiger partial charge in [0.05, 0.1) is 5.75 Å². The summed E-state index contributed by atoms with van der Waals surface area (Å²) in [6.07, 6.45) is 7.12. The van der Waals surface area contributed by atoms with Crippen molar-refractivity contribution in [2.24, 2.45) is 11.7 Å². The summed E-state index contributed by atoms with van der Waals surface area (Å²) in [7, 11) is -3.32. The first-order valence-corrected chi connectivity index (χ1v) is 12.5. The van der Waals surface area contributed by atoms with E-state index in [0.29, 0.717) is 31.0 Å². The highest BCUT2D eigenvalue weighted by Crippen LogP contribution is 2.40. The lowest BCUT2D eigenvalue weighted by atomic mass is 9.87. The number of amides is 1. The lowest BCUT2D eigenvalue weighted by Crippen LogP contribution is -2.52. The molecule has 1 amide bonds. The molecule has 2 aliphatic carbocycles. The van der Waals surface area contributed by atoms with Gasteiger partial charge in [0.25, 0.3) is 5.91 Å². The third-order valence-electron chi connectivity index (χ3n) is 6.52. The zero-order chi connectivity index (χ0) is 20.6. The second-order valence-corrected chi connectivity index (χ2v) is 11.1. The van der Waals surface area contributed by atoms with Crippen molar-refractivity contribution in [3.8, 4) is 0 Å². The minimum Gasteiger partial charge on any atom is -0.360 e. The number of carbonyl (C=O) groups is 1. The first kappa shape index (κ1) is 20.8. The quantitative estimate of drug-likeness (QED) is 0.721. The van der Waals surface area contributed by atoms with Crippen molar-refractivity contribution >= 4 is 15.9 Å². The van der Waals surface area contributed by atoms with Crippen LogP contribution < -0.4 is 11.1 Å². The number of aromatic nitrogens is 1. The maximum atomic E-state index is 13.0. The molecule has 3 aliphatic rings. The van der Waals surface area contributed by atoms with Crippen molar-refractivity contribution in [1.29, 1.82) is 0 Å². The topological polar surface area (TPSA) is 119 Å². The fourth-order valence-corrected chi connectivity index (χ4v) is 6.90. The molecule has 8 nitrogen and oxygen atoms in total. The smallest absolute Gasteiger partial charge is 0.273 e. The molecule has 1 aromatic heterocycles. The van der Waals surface area contributed by atoms with Gasteiger partial charge in [-0.15, -0.1) is 0 Å². The van der Waals surface area contributed by atoms with Crippen molar-refractivity contribution in [3.05, 3.63) is 17.5 Å². The molecule has 0 aromatic carbocycles. The van der Waals surface area contributed by atoms with Gasteiger partial charge in [-0.3, -0.25) is 4.79 Å². The summed E-state index contributed by atoms with van der Waals surface area (Å²) in [4.78, 5) is 12.5. The van der Waals surface area contributed by atoms with E-state index in [2.05, 4.69) is 10.5 Å². The fraction of sp³-hybridized carbons (Fsp3) is 0.800. The molecule has 1 aliphatic heterocycles. The highest BCUT2D eigenvalue weighted by molar-refractivity contribution is 7.89. The number of hydrogen-bond donors (Lipinski definition) is 2. The van der Waals surface area contributed by atoms with E-state index in [4.69, 9.17) is 10.3 Å². The van der Waals surface area contributed by atoms with Crippen LogP contribution >= 0.6 is 0 Å². The first-order chi connectivity index (χ1) is 13.8. The molecule has 2 saturated carbocycles. The van der Waals surface area contributed by atoms with Crippen molar-refractivity contribution in [2.45, 2.75) is 82.3 Å². The van der Waals surface area contributed by atoms with Crippen molar-refractivity contribution in [3.63, 3.8) is 0 Å². The predicted molar refractivity (Wildman–Crippen MR) is 109 cm³/mol. The van der Waals surface area contributed by atoms with Crippen LogP contribution in [0.3, 0.4) is 0 Å². The Morgan fingerprint density at radius 3 is 2.76 bits per heavy atom. The van der Waals surface area contributed by atoms with Gasteiger partial charge in [0, 0.05) is 36.7 Å². The SMILES string of the molecule is C[C@H]1C[C@@H](NC(=O)c2cc(C3CC3)on2)CCN1S(=O)(=O)C[C@H]1CCC[C@H](N)C1. The molecular formula is C20H32N4O4S. The van der Waals surface area contributed by atoms with E-state index in [1.807, 2.05) is 6.92 Å². The van der Waals surface area contributed by atoms with Crippen LogP contribution in [0.2, 0.25) is 0 Å². The molecule has 4 atom stereocenters. The number of hydrogen-bond acceptors (Lipinski definition) is 6. The Bertz CT molecular complexity index is 835. The number of rotatable bonds is 6. The van der Waals surface area contributed by atoms with E-state index in [9.17, 15) is 13.2 Å². The monoisotopic (exact) mass is 424 g/mol. The number of nitrogens with two attached hydrogens (primary N) is 1. The second kappa shape index (κ2) is 8.35. The zero-order valence-electron chi connectivity index (χ0n) is 17.0. The number of sulfonamides is 1. The molecule has 0 unspecified atom stereocenters. The molecule has 0 bridgehead atoms. The largest absolute Gasteiger partial charge is 0.360 e. The molecule has 2 heterocycles. The second-order valence-electron chi connectivity index (χ2n) is 9.11. The number of nitrogens with zero attached hydrogens (tertiary/aromatic N) is 2. The van der Waals surface area contributed by atoms with Crippen molar-refractivity contribution in [1.82, 2.24) is 14.8 Å². The molecule has 0 spiro atoms. The molecule has 3 N–H and O–H groups in total. The minimum atomic E-state index is -3.32. The van der Waals surface area contributed by atoms with Crippen molar-refractivity contribution < 1.29 is 17.7 Å². The predicted octanol–water partition coefficient (Wildman–Crippen LogP) is 1.98. The van der Waals surface area contributed by atoms with Gasteiger partial charge in [-0.2, -0.15) is 4.31 Å². The number of nitrogens with one attached hydrogen (secondary N) is 1. The summed E-state index contributed by atoms with van der Waals surface area (Å²) in [5.74, 6) is 1.29. The lowest BCUT2D eigenvalue weighted by molar-refractivity contribution is 0.0905. The summed E-state index contributed by atoms with van der Waals surface area (Å²) in [5.41, 5.74) is 6.33. The molecule has 9 heteroatoms. The average Bonchev–Trinajstić information content (AvgIpc) is 3.37. The van der Waals surface area contributed by atoms with E-state index in [0.717, 1.165) is 44.3 Å². The van der Waals surface area contributed by atoms with Gasteiger partial charge >= 0.3 is 0 Å². The van der Waals surface area contributed by atoms with Gasteiger partial charge < -0.3 is 15.6 Å². The van der Waals surface area contributed by atoms with Crippen LogP contribution in [0.1, 0.15) is 80.5 Å². The molecule has 0 radical (unpaired) electrons. The van der Waals surface area contributed by atoms with Crippen LogP contribution in [-0.2, 0) is 10.0 Å². The van der Waals surface area contributed by atoms with Crippen LogP contribution in [0.15, 0.2) is 10.6 Å². The number of carbonyl (C=O) groups excluding carboxylic acids is 1. The van der Waals surface area contributed by atoms with E-state index < -0.39 is 10.0 Å². The minimum absolute atomic E-state index is 0.0619. The lowest BCUT2D eigenvalue weighted by Gasteiger charge is -2.38. The van der Waals surface area contributed by atoms with Gasteiger partial charge in [0.1, 0.15) is 5.76 Å². The Morgan fingerprint density at radius 1 is 1.28 bits per heavy atom. The van der Waals surface area contributed by atoms with Gasteiger partial charge in [-0.25, -0.2) is 8.42 Å². The maximum absolute atomic E-state index is 13.0. The molecule has 1 saturated heterocycles. The molecule has 3 fully saturated rings. The van der Waals surface area contributed by atoms with Crippen LogP contribution in [0.5, 0.6) is 0 Å². The Labute approximate surface area is 172 Å². The Hall–Kier alpha value is -1.45. The molecule has 1 aromatic rings. The summed E-state index contributed by atoms with van der Waals surface area (Å²) >= 11 is 0. The first-order valence-electron chi connectivity index (χ1n) is 10.8. The number of piperidine rings is 1. The van der Waals surface area contributed by atoms with Crippen LogP contribution in [0.25, 0.3) is 0 Å². The van der Waals surface area contributed by atoms with Crippen LogP contribution in [0, 0.1) is 5.92 Å². The van der Waals surface area contributed by atoms with E-state index in [-0.39, 0.29) is 35.7 Å². The summed E-state index contributed by atoms with van der Waals surface area (Å²) in [6, 6.07) is 1.65. The van der Waals surface area contributed by atoms with Gasteiger partial charge in [-0.1, -0.05) is 11.6 Å². The van der Waals surface area contributed by atoms with Crippen molar-refractivity contribution in [2.75, 3.05) is 12.3 Å². The Morgan fingerprint density at radius 2 is 2.07 bits per heavy atom. The molecule has 4 rings (SSSR count). The zero-order valence-corrected chi connectivity index (χ0v) is 17.9. The van der Waals surface area contributed by atoms with Crippen LogP contribution in [0.4, 0.5) is 0 Å². The summed E-state index contributed by atoms with van der Waals surface area (Å²) in [6.45, 7) is 2.35. The van der Waals surface area contributed by atoms with Gasteiger partial charge in [0.15, 0.2) is 5.69 Å². The van der Waals surface area contributed by atoms with E-state index >= 15 is 0 Å². The third kappa shape index (κ3) is 5.00. The third-order valence-corrected chi connectivity index (χ3v) is 8.67. The standard InChI is InChI=1S/C20H32N4O4S/c1-13-9-17(22-20(25)18-11-19(28-23-18)15-5-6-15)7-8-24(13)29(26,27)12-14-3-2-4-16(21)10-14/h11,13-17H,2-10,12,21H2,1H3,(H,22,25)/t13-,14-,16-,17-/m0/s1. The Kier molecular flexibility index (Phi) is 5.99.